The average Bonchev–Trinajstić information content (AvgIpc) is 2.25. The number of hydrogen-bond donors (Lipinski definition) is 1. The van der Waals surface area contributed by atoms with E-state index in [9.17, 15) is 0 Å². The molecule has 104 valence electrons. The lowest BCUT2D eigenvalue weighted by Crippen LogP contribution is -2.59. The molecule has 0 aromatic carbocycles. The largest absolute Gasteiger partial charge is 0.375 e. The molecule has 3 fully saturated rings. The van der Waals surface area contributed by atoms with Gasteiger partial charge in [-0.2, -0.15) is 0 Å². The van der Waals surface area contributed by atoms with Gasteiger partial charge in [0.15, 0.2) is 0 Å². The van der Waals surface area contributed by atoms with Gasteiger partial charge in [-0.05, 0) is 65.5 Å². The Morgan fingerprint density at radius 3 is 2.39 bits per heavy atom. The smallest absolute Gasteiger partial charge is 0.0697 e. The Labute approximate surface area is 111 Å². The molecule has 1 N–H and O–H groups in total. The van der Waals surface area contributed by atoms with Crippen LogP contribution in [0.4, 0.5) is 0 Å². The van der Waals surface area contributed by atoms with Gasteiger partial charge in [0, 0.05) is 24.7 Å². The Hall–Kier alpha value is -0.120. The molecule has 2 saturated carbocycles. The zero-order chi connectivity index (χ0) is 12.6. The SMILES string of the molecule is CN(C)C1(CNC2CCOC3(CCC3)C2)CCC1. The highest BCUT2D eigenvalue weighted by Crippen LogP contribution is 2.42. The van der Waals surface area contributed by atoms with Gasteiger partial charge < -0.3 is 15.0 Å². The minimum atomic E-state index is 0.279. The summed E-state index contributed by atoms with van der Waals surface area (Å²) in [6.45, 7) is 2.13. The summed E-state index contributed by atoms with van der Waals surface area (Å²) < 4.78 is 6.00. The molecule has 1 saturated heterocycles. The molecule has 0 radical (unpaired) electrons. The topological polar surface area (TPSA) is 24.5 Å². The third kappa shape index (κ3) is 2.21. The lowest BCUT2D eigenvalue weighted by Gasteiger charge is -2.50. The van der Waals surface area contributed by atoms with Crippen LogP contribution in [0.25, 0.3) is 0 Å². The quantitative estimate of drug-likeness (QED) is 0.830. The molecule has 18 heavy (non-hydrogen) atoms. The number of nitrogens with one attached hydrogen (secondary N) is 1. The van der Waals surface area contributed by atoms with E-state index >= 15 is 0 Å². The Morgan fingerprint density at radius 1 is 1.17 bits per heavy atom. The second-order valence-corrected chi connectivity index (χ2v) is 6.93. The Kier molecular flexibility index (Phi) is 3.41. The molecular formula is C15H28N2O. The highest BCUT2D eigenvalue weighted by atomic mass is 16.5. The van der Waals surface area contributed by atoms with E-state index in [0.29, 0.717) is 11.6 Å². The molecule has 1 atom stereocenters. The van der Waals surface area contributed by atoms with Gasteiger partial charge in [0.25, 0.3) is 0 Å². The van der Waals surface area contributed by atoms with Crippen LogP contribution >= 0.6 is 0 Å². The summed E-state index contributed by atoms with van der Waals surface area (Å²) in [4.78, 5) is 2.43. The molecule has 0 aromatic rings. The predicted molar refractivity (Wildman–Crippen MR) is 73.8 cm³/mol. The molecule has 3 aliphatic rings. The molecule has 3 heteroatoms. The summed E-state index contributed by atoms with van der Waals surface area (Å²) >= 11 is 0. The normalized spacial score (nSPS) is 33.2. The van der Waals surface area contributed by atoms with E-state index in [0.717, 1.165) is 6.61 Å². The van der Waals surface area contributed by atoms with E-state index in [2.05, 4.69) is 24.3 Å². The zero-order valence-corrected chi connectivity index (χ0v) is 12.0. The van der Waals surface area contributed by atoms with Crippen molar-refractivity contribution in [1.29, 1.82) is 0 Å². The molecule has 3 rings (SSSR count). The zero-order valence-electron chi connectivity index (χ0n) is 12.0. The lowest BCUT2D eigenvalue weighted by atomic mass is 9.73. The monoisotopic (exact) mass is 252 g/mol. The first-order valence-electron chi connectivity index (χ1n) is 7.69. The van der Waals surface area contributed by atoms with Gasteiger partial charge in [-0.1, -0.05) is 0 Å². The van der Waals surface area contributed by atoms with E-state index in [1.54, 1.807) is 0 Å². The molecule has 0 amide bonds. The molecule has 1 spiro atoms. The number of ether oxygens (including phenoxy) is 1. The van der Waals surface area contributed by atoms with Crippen molar-refractivity contribution in [2.45, 2.75) is 68.5 Å². The molecule has 3 nitrogen and oxygen atoms in total. The third-order valence-electron chi connectivity index (χ3n) is 5.71. The van der Waals surface area contributed by atoms with Gasteiger partial charge in [0.1, 0.15) is 0 Å². The first-order valence-corrected chi connectivity index (χ1v) is 7.69. The predicted octanol–water partition coefficient (Wildman–Crippen LogP) is 2.16. The van der Waals surface area contributed by atoms with Gasteiger partial charge in [0.2, 0.25) is 0 Å². The van der Waals surface area contributed by atoms with Crippen LogP contribution < -0.4 is 5.32 Å². The first-order chi connectivity index (χ1) is 8.64. The first kappa shape index (κ1) is 12.9. The second-order valence-electron chi connectivity index (χ2n) is 6.93. The molecule has 1 aliphatic heterocycles. The van der Waals surface area contributed by atoms with Crippen molar-refractivity contribution in [3.05, 3.63) is 0 Å². The number of likely N-dealkylation sites (N-methyl/N-ethyl adjacent to an activating group) is 1. The summed E-state index contributed by atoms with van der Waals surface area (Å²) in [5.74, 6) is 0. The highest BCUT2D eigenvalue weighted by Gasteiger charge is 2.44. The van der Waals surface area contributed by atoms with Crippen molar-refractivity contribution >= 4 is 0 Å². The van der Waals surface area contributed by atoms with Gasteiger partial charge in [-0.15, -0.1) is 0 Å². The maximum absolute atomic E-state index is 6.00. The van der Waals surface area contributed by atoms with Gasteiger partial charge in [-0.3, -0.25) is 0 Å². The van der Waals surface area contributed by atoms with Crippen molar-refractivity contribution in [2.75, 3.05) is 27.2 Å². The fourth-order valence-electron chi connectivity index (χ4n) is 3.82. The minimum absolute atomic E-state index is 0.279. The van der Waals surface area contributed by atoms with Crippen LogP contribution in [0.15, 0.2) is 0 Å². The number of rotatable bonds is 4. The van der Waals surface area contributed by atoms with Crippen LogP contribution in [0.1, 0.15) is 51.4 Å². The maximum atomic E-state index is 6.00. The fraction of sp³-hybridized carbons (Fsp3) is 1.00. The third-order valence-corrected chi connectivity index (χ3v) is 5.71. The summed E-state index contributed by atoms with van der Waals surface area (Å²) in [6.07, 6.45) is 10.5. The fourth-order valence-corrected chi connectivity index (χ4v) is 3.82. The summed E-state index contributed by atoms with van der Waals surface area (Å²) in [6, 6.07) is 0.691. The van der Waals surface area contributed by atoms with Gasteiger partial charge in [-0.25, -0.2) is 0 Å². The van der Waals surface area contributed by atoms with E-state index in [1.807, 2.05) is 0 Å². The molecular weight excluding hydrogens is 224 g/mol. The van der Waals surface area contributed by atoms with Crippen molar-refractivity contribution in [3.63, 3.8) is 0 Å². The number of hydrogen-bond acceptors (Lipinski definition) is 3. The Bertz CT molecular complexity index is 295. The van der Waals surface area contributed by atoms with E-state index in [-0.39, 0.29) is 5.60 Å². The van der Waals surface area contributed by atoms with Crippen molar-refractivity contribution in [1.82, 2.24) is 10.2 Å². The van der Waals surface area contributed by atoms with E-state index < -0.39 is 0 Å². The van der Waals surface area contributed by atoms with Crippen LogP contribution in [-0.4, -0.2) is 49.3 Å². The average molecular weight is 252 g/mol. The number of nitrogens with zero attached hydrogens (tertiary/aromatic N) is 1. The van der Waals surface area contributed by atoms with Crippen LogP contribution in [-0.2, 0) is 4.74 Å². The van der Waals surface area contributed by atoms with Crippen LogP contribution in [0.3, 0.4) is 0 Å². The van der Waals surface area contributed by atoms with E-state index in [1.165, 1.54) is 57.9 Å². The van der Waals surface area contributed by atoms with Crippen molar-refractivity contribution < 1.29 is 4.74 Å². The summed E-state index contributed by atoms with van der Waals surface area (Å²) in [7, 11) is 4.47. The van der Waals surface area contributed by atoms with Crippen LogP contribution in [0, 0.1) is 0 Å². The van der Waals surface area contributed by atoms with Crippen LogP contribution in [0.5, 0.6) is 0 Å². The Morgan fingerprint density at radius 2 is 1.89 bits per heavy atom. The molecule has 0 aromatic heterocycles. The summed E-state index contributed by atoms with van der Waals surface area (Å²) in [5.41, 5.74) is 0.728. The molecule has 2 aliphatic carbocycles. The molecule has 1 heterocycles. The minimum Gasteiger partial charge on any atom is -0.375 e. The molecule has 1 unspecified atom stereocenters. The van der Waals surface area contributed by atoms with Gasteiger partial charge >= 0.3 is 0 Å². The van der Waals surface area contributed by atoms with Gasteiger partial charge in [0.05, 0.1) is 5.60 Å². The molecule has 0 bridgehead atoms. The van der Waals surface area contributed by atoms with E-state index in [4.69, 9.17) is 4.74 Å². The highest BCUT2D eigenvalue weighted by molar-refractivity contribution is 5.00. The maximum Gasteiger partial charge on any atom is 0.0697 e. The second kappa shape index (κ2) is 4.77. The van der Waals surface area contributed by atoms with Crippen molar-refractivity contribution in [3.8, 4) is 0 Å². The summed E-state index contributed by atoms with van der Waals surface area (Å²) in [5, 5.41) is 3.85. The van der Waals surface area contributed by atoms with Crippen molar-refractivity contribution in [2.24, 2.45) is 0 Å². The Balaban J connectivity index is 1.50. The standard InChI is InChI=1S/C15H28N2O/c1-17(2)14(6-3-7-14)12-16-13-5-10-18-15(11-13)8-4-9-15/h13,16H,3-12H2,1-2H3. The van der Waals surface area contributed by atoms with Crippen LogP contribution in [0.2, 0.25) is 0 Å². The lowest BCUT2D eigenvalue weighted by molar-refractivity contribution is -0.136.